The second-order valence-corrected chi connectivity index (χ2v) is 8.99. The van der Waals surface area contributed by atoms with Crippen LogP contribution >= 0.6 is 0 Å². The summed E-state index contributed by atoms with van der Waals surface area (Å²) in [6.07, 6.45) is -0.826. The predicted molar refractivity (Wildman–Crippen MR) is 125 cm³/mol. The van der Waals surface area contributed by atoms with Crippen LogP contribution in [0.4, 0.5) is 4.39 Å². The van der Waals surface area contributed by atoms with Crippen molar-refractivity contribution in [2.45, 2.75) is 32.9 Å². The molecule has 1 amide bonds. The largest absolute Gasteiger partial charge is 0.481 e. The van der Waals surface area contributed by atoms with Crippen molar-refractivity contribution >= 4 is 34.5 Å². The summed E-state index contributed by atoms with van der Waals surface area (Å²) in [6.45, 7) is 2.03. The van der Waals surface area contributed by atoms with Gasteiger partial charge in [-0.05, 0) is 40.8 Å². The van der Waals surface area contributed by atoms with E-state index in [2.05, 4.69) is 9.97 Å². The van der Waals surface area contributed by atoms with Crippen LogP contribution in [-0.2, 0) is 20.9 Å². The normalized spacial score (nSPS) is 14.9. The van der Waals surface area contributed by atoms with Gasteiger partial charge in [0.15, 0.2) is 11.6 Å². The first-order chi connectivity index (χ1) is 16.6. The molecule has 1 aliphatic rings. The molecule has 2 atom stereocenters. The first-order valence-electron chi connectivity index (χ1n) is 11.1. The first-order valence-corrected chi connectivity index (χ1v) is 11.1. The lowest BCUT2D eigenvalue weighted by Gasteiger charge is -2.31. The van der Waals surface area contributed by atoms with Crippen LogP contribution in [0.2, 0.25) is 0 Å². The Kier molecular flexibility index (Phi) is 6.38. The fourth-order valence-corrected chi connectivity index (χ4v) is 4.63. The van der Waals surface area contributed by atoms with Crippen molar-refractivity contribution in [2.24, 2.45) is 11.8 Å². The summed E-state index contributed by atoms with van der Waals surface area (Å²) < 4.78 is 13.1. The summed E-state index contributed by atoms with van der Waals surface area (Å²) in [7, 11) is 0. The number of nitrogens with one attached hydrogen (secondary N) is 2. The van der Waals surface area contributed by atoms with Crippen molar-refractivity contribution < 1.29 is 28.7 Å². The van der Waals surface area contributed by atoms with Gasteiger partial charge >= 0.3 is 11.7 Å². The molecule has 1 aromatic heterocycles. The van der Waals surface area contributed by atoms with Gasteiger partial charge in [0.2, 0.25) is 0 Å². The highest BCUT2D eigenvalue weighted by Crippen LogP contribution is 2.33. The van der Waals surface area contributed by atoms with Crippen molar-refractivity contribution in [2.75, 3.05) is 6.67 Å². The molecule has 4 rings (SSSR count). The molecule has 0 saturated carbocycles. The number of fused-ring (bicyclic) bond motifs is 2. The number of amides is 1. The Balaban J connectivity index is 1.66. The molecule has 2 heterocycles. The lowest BCUT2D eigenvalue weighted by Crippen LogP contribution is -2.49. The molecule has 182 valence electrons. The van der Waals surface area contributed by atoms with Gasteiger partial charge in [0.1, 0.15) is 6.67 Å². The fourth-order valence-electron chi connectivity index (χ4n) is 4.63. The van der Waals surface area contributed by atoms with E-state index in [4.69, 9.17) is 5.11 Å². The number of hydrogen-bond donors (Lipinski definition) is 3. The summed E-state index contributed by atoms with van der Waals surface area (Å²) in [6, 6.07) is 9.56. The number of aromatic nitrogens is 2. The maximum Gasteiger partial charge on any atom is 0.323 e. The zero-order chi connectivity index (χ0) is 25.4. The summed E-state index contributed by atoms with van der Waals surface area (Å²) in [5, 5.41) is 9.13. The molecule has 9 nitrogen and oxygen atoms in total. The lowest BCUT2D eigenvalue weighted by atomic mass is 9.85. The number of rotatable bonds is 9. The molecule has 3 N–H and O–H groups in total. The summed E-state index contributed by atoms with van der Waals surface area (Å²) in [4.78, 5) is 68.1. The minimum absolute atomic E-state index is 0.108. The molecule has 1 aliphatic heterocycles. The van der Waals surface area contributed by atoms with Crippen molar-refractivity contribution in [1.82, 2.24) is 14.9 Å². The molecule has 2 aromatic carbocycles. The van der Waals surface area contributed by atoms with E-state index in [-0.39, 0.29) is 12.2 Å². The predicted octanol–water partition coefficient (Wildman–Crippen LogP) is 2.70. The number of benzene rings is 2. The van der Waals surface area contributed by atoms with Gasteiger partial charge in [-0.1, -0.05) is 32.0 Å². The van der Waals surface area contributed by atoms with Crippen LogP contribution < -0.4 is 5.69 Å². The van der Waals surface area contributed by atoms with Gasteiger partial charge in [0.25, 0.3) is 5.91 Å². The quantitative estimate of drug-likeness (QED) is 0.402. The van der Waals surface area contributed by atoms with E-state index in [0.717, 1.165) is 11.1 Å². The fraction of sp³-hybridized carbons (Fsp3) is 0.320. The van der Waals surface area contributed by atoms with Crippen LogP contribution in [0.25, 0.3) is 22.2 Å². The molecule has 1 unspecified atom stereocenters. The molecule has 0 saturated heterocycles. The van der Waals surface area contributed by atoms with Crippen molar-refractivity contribution in [1.29, 1.82) is 0 Å². The van der Waals surface area contributed by atoms with Crippen molar-refractivity contribution in [3.8, 4) is 11.1 Å². The van der Waals surface area contributed by atoms with E-state index in [0.29, 0.717) is 22.2 Å². The number of carbonyl (C=O) groups is 4. The van der Waals surface area contributed by atoms with Crippen LogP contribution in [0.5, 0.6) is 0 Å². The topological polar surface area (TPSA) is 140 Å². The summed E-state index contributed by atoms with van der Waals surface area (Å²) in [5.41, 5.74) is 3.51. The van der Waals surface area contributed by atoms with Gasteiger partial charge in [0, 0.05) is 12.1 Å². The SMILES string of the molecule is CC(C)[C@@H](C(=O)C(CC(=O)O)C(=O)CF)N1Cc2ccc(-c3ccc4[nH]c(=O)[nH]c4c3)cc2C1=O. The number of carboxylic acid groups (broad SMARTS) is 1. The van der Waals surface area contributed by atoms with Gasteiger partial charge < -0.3 is 20.0 Å². The van der Waals surface area contributed by atoms with Gasteiger partial charge in [-0.2, -0.15) is 0 Å². The Morgan fingerprint density at radius 1 is 1.03 bits per heavy atom. The molecule has 0 spiro atoms. The third-order valence-corrected chi connectivity index (χ3v) is 6.29. The van der Waals surface area contributed by atoms with E-state index in [1.165, 1.54) is 4.90 Å². The Bertz CT molecular complexity index is 1410. The van der Waals surface area contributed by atoms with Crippen molar-refractivity contribution in [3.05, 3.63) is 58.0 Å². The van der Waals surface area contributed by atoms with E-state index in [1.54, 1.807) is 38.1 Å². The Morgan fingerprint density at radius 2 is 1.69 bits per heavy atom. The third kappa shape index (κ3) is 4.51. The monoisotopic (exact) mass is 481 g/mol. The smallest absolute Gasteiger partial charge is 0.323 e. The van der Waals surface area contributed by atoms with Gasteiger partial charge in [-0.3, -0.25) is 19.2 Å². The van der Waals surface area contributed by atoms with E-state index in [9.17, 15) is 28.4 Å². The molecule has 0 aliphatic carbocycles. The minimum atomic E-state index is -1.66. The number of imidazole rings is 1. The standard InChI is InChI=1S/C25H24FN3O6/c1-12(2)22(23(33)17(9-21(31)32)20(30)10-26)29-11-15-4-3-13(7-16(15)24(29)34)14-5-6-18-19(8-14)28-25(35)27-18/h3-8,12,17,22H,9-11H2,1-2H3,(H,31,32)(H2,27,28,35)/t17?,22-/m0/s1. The van der Waals surface area contributed by atoms with Crippen LogP contribution in [0.3, 0.4) is 0 Å². The molecular formula is C25H24FN3O6. The number of aliphatic carboxylic acids is 1. The molecule has 3 aromatic rings. The van der Waals surface area contributed by atoms with Gasteiger partial charge in [-0.15, -0.1) is 0 Å². The maximum absolute atomic E-state index is 13.4. The zero-order valence-corrected chi connectivity index (χ0v) is 19.1. The summed E-state index contributed by atoms with van der Waals surface area (Å²) >= 11 is 0. The maximum atomic E-state index is 13.4. The molecule has 0 radical (unpaired) electrons. The second-order valence-electron chi connectivity index (χ2n) is 8.99. The van der Waals surface area contributed by atoms with Gasteiger partial charge in [-0.25, -0.2) is 9.18 Å². The van der Waals surface area contributed by atoms with E-state index >= 15 is 0 Å². The van der Waals surface area contributed by atoms with Crippen molar-refractivity contribution in [3.63, 3.8) is 0 Å². The Labute approximate surface area is 198 Å². The van der Waals surface area contributed by atoms with E-state index < -0.39 is 54.4 Å². The van der Waals surface area contributed by atoms with E-state index in [1.807, 2.05) is 12.1 Å². The number of carboxylic acids is 1. The Hall–Kier alpha value is -4.08. The highest BCUT2D eigenvalue weighted by molar-refractivity contribution is 6.09. The molecule has 0 bridgehead atoms. The lowest BCUT2D eigenvalue weighted by molar-refractivity contribution is -0.146. The number of ketones is 2. The number of carbonyl (C=O) groups excluding carboxylic acids is 3. The van der Waals surface area contributed by atoms with Crippen LogP contribution in [0.1, 0.15) is 36.2 Å². The molecule has 0 fully saturated rings. The number of aromatic amines is 2. The van der Waals surface area contributed by atoms with Crippen LogP contribution in [0, 0.1) is 11.8 Å². The minimum Gasteiger partial charge on any atom is -0.481 e. The number of Topliss-reactive ketones (excluding diaryl/α,β-unsaturated/α-hetero) is 2. The molecule has 10 heteroatoms. The number of nitrogens with zero attached hydrogens (tertiary/aromatic N) is 1. The average Bonchev–Trinajstić information content (AvgIpc) is 3.34. The summed E-state index contributed by atoms with van der Waals surface area (Å²) in [5.74, 6) is -5.79. The highest BCUT2D eigenvalue weighted by Gasteiger charge is 2.42. The number of alkyl halides is 1. The van der Waals surface area contributed by atoms with Gasteiger partial charge in [0.05, 0.1) is 29.4 Å². The number of halogens is 1. The zero-order valence-electron chi connectivity index (χ0n) is 19.1. The highest BCUT2D eigenvalue weighted by atomic mass is 19.1. The Morgan fingerprint density at radius 3 is 2.34 bits per heavy atom. The third-order valence-electron chi connectivity index (χ3n) is 6.29. The number of hydrogen-bond acceptors (Lipinski definition) is 5. The molecular weight excluding hydrogens is 457 g/mol. The second kappa shape index (κ2) is 9.28. The molecule has 35 heavy (non-hydrogen) atoms. The van der Waals surface area contributed by atoms with Crippen LogP contribution in [0.15, 0.2) is 41.2 Å². The van der Waals surface area contributed by atoms with Crippen LogP contribution in [-0.4, -0.2) is 56.1 Å². The number of H-pyrrole nitrogens is 2. The first kappa shape index (κ1) is 24.1. The average molecular weight is 481 g/mol.